The Balaban J connectivity index is 1.89. The van der Waals surface area contributed by atoms with Crippen LogP contribution in [0.1, 0.15) is 36.9 Å². The molecule has 106 valence electrons. The number of hydrogen-bond donors (Lipinski definition) is 0. The van der Waals surface area contributed by atoms with Gasteiger partial charge in [-0.1, -0.05) is 6.92 Å². The van der Waals surface area contributed by atoms with E-state index in [1.807, 2.05) is 0 Å². The van der Waals surface area contributed by atoms with E-state index >= 15 is 0 Å². The van der Waals surface area contributed by atoms with E-state index in [4.69, 9.17) is 4.74 Å². The molecule has 0 saturated carbocycles. The van der Waals surface area contributed by atoms with Crippen molar-refractivity contribution < 1.29 is 9.53 Å². The smallest absolute Gasteiger partial charge is 0.309 e. The second kappa shape index (κ2) is 7.01. The van der Waals surface area contributed by atoms with Crippen molar-refractivity contribution in [2.24, 2.45) is 5.92 Å². The van der Waals surface area contributed by atoms with E-state index in [-0.39, 0.29) is 11.9 Å². The van der Waals surface area contributed by atoms with Gasteiger partial charge < -0.3 is 4.74 Å². The van der Waals surface area contributed by atoms with Crippen molar-refractivity contribution in [3.05, 3.63) is 16.1 Å². The summed E-state index contributed by atoms with van der Waals surface area (Å²) in [6.45, 7) is 4.88. The number of aromatic nitrogens is 1. The molecule has 4 nitrogen and oxygen atoms in total. The third kappa shape index (κ3) is 4.01. The first-order chi connectivity index (χ1) is 9.22. The van der Waals surface area contributed by atoms with Gasteiger partial charge in [-0.3, -0.25) is 9.69 Å². The number of esters is 1. The highest BCUT2D eigenvalue weighted by Crippen LogP contribution is 2.20. The third-order valence-corrected chi connectivity index (χ3v) is 4.45. The molecule has 0 amide bonds. The van der Waals surface area contributed by atoms with Gasteiger partial charge in [-0.2, -0.15) is 0 Å². The standard InChI is InChI=1S/C14H22N2O2S/c1-3-5-13-15-12(10-19-13)9-16-7-4-6-11(8-16)14(17)18-2/h10-11H,3-9H2,1-2H3/t11-/m0/s1. The van der Waals surface area contributed by atoms with Gasteiger partial charge in [0, 0.05) is 18.5 Å². The minimum absolute atomic E-state index is 0.0347. The monoisotopic (exact) mass is 282 g/mol. The molecule has 1 aliphatic heterocycles. The quantitative estimate of drug-likeness (QED) is 0.778. The van der Waals surface area contributed by atoms with Crippen LogP contribution in [-0.4, -0.2) is 36.1 Å². The first kappa shape index (κ1) is 14.5. The summed E-state index contributed by atoms with van der Waals surface area (Å²) in [7, 11) is 1.47. The number of thiazole rings is 1. The molecule has 0 unspecified atom stereocenters. The fourth-order valence-corrected chi connectivity index (χ4v) is 3.43. The SMILES string of the molecule is CCCc1nc(CN2CCC[C@H](C(=O)OC)C2)cs1. The molecule has 0 radical (unpaired) electrons. The van der Waals surface area contributed by atoms with Gasteiger partial charge in [0.1, 0.15) is 0 Å². The Kier molecular flexibility index (Phi) is 5.34. The topological polar surface area (TPSA) is 42.4 Å². The lowest BCUT2D eigenvalue weighted by Gasteiger charge is -2.30. The maximum atomic E-state index is 11.6. The Morgan fingerprint density at radius 2 is 2.47 bits per heavy atom. The van der Waals surface area contributed by atoms with Crippen molar-refractivity contribution in [3.8, 4) is 0 Å². The van der Waals surface area contributed by atoms with Gasteiger partial charge >= 0.3 is 5.97 Å². The number of rotatable bonds is 5. The van der Waals surface area contributed by atoms with Gasteiger partial charge in [0.2, 0.25) is 0 Å². The summed E-state index contributed by atoms with van der Waals surface area (Å²) in [6.07, 6.45) is 4.21. The molecule has 19 heavy (non-hydrogen) atoms. The van der Waals surface area contributed by atoms with E-state index in [1.54, 1.807) is 11.3 Å². The number of ether oxygens (including phenoxy) is 1. The predicted octanol–water partition coefficient (Wildman–Crippen LogP) is 2.48. The summed E-state index contributed by atoms with van der Waals surface area (Å²) < 4.78 is 4.85. The highest BCUT2D eigenvalue weighted by atomic mass is 32.1. The lowest BCUT2D eigenvalue weighted by molar-refractivity contribution is -0.147. The van der Waals surface area contributed by atoms with Crippen molar-refractivity contribution in [1.82, 2.24) is 9.88 Å². The van der Waals surface area contributed by atoms with Crippen LogP contribution < -0.4 is 0 Å². The number of likely N-dealkylation sites (tertiary alicyclic amines) is 1. The van der Waals surface area contributed by atoms with Gasteiger partial charge in [-0.05, 0) is 32.2 Å². The van der Waals surface area contributed by atoms with E-state index < -0.39 is 0 Å². The molecule has 1 aromatic heterocycles. The molecule has 5 heteroatoms. The molecule has 1 fully saturated rings. The zero-order chi connectivity index (χ0) is 13.7. The number of methoxy groups -OCH3 is 1. The summed E-state index contributed by atoms with van der Waals surface area (Å²) in [6, 6.07) is 0. The average Bonchev–Trinajstić information content (AvgIpc) is 2.86. The van der Waals surface area contributed by atoms with E-state index in [1.165, 1.54) is 12.1 Å². The first-order valence-corrected chi connectivity index (χ1v) is 7.84. The van der Waals surface area contributed by atoms with Gasteiger partial charge in [0.25, 0.3) is 0 Å². The number of carbonyl (C=O) groups is 1. The van der Waals surface area contributed by atoms with Gasteiger partial charge in [0.05, 0.1) is 23.7 Å². The van der Waals surface area contributed by atoms with Crippen LogP contribution >= 0.6 is 11.3 Å². The van der Waals surface area contributed by atoms with Gasteiger partial charge in [-0.25, -0.2) is 4.98 Å². The van der Waals surface area contributed by atoms with Crippen LogP contribution in [0.5, 0.6) is 0 Å². The maximum Gasteiger partial charge on any atom is 0.309 e. The number of piperidine rings is 1. The molecule has 1 atom stereocenters. The fourth-order valence-electron chi connectivity index (χ4n) is 2.54. The van der Waals surface area contributed by atoms with Crippen LogP contribution in [0.2, 0.25) is 0 Å². The van der Waals surface area contributed by atoms with Crippen molar-refractivity contribution in [3.63, 3.8) is 0 Å². The van der Waals surface area contributed by atoms with Crippen LogP contribution in [0.15, 0.2) is 5.38 Å². The number of carbonyl (C=O) groups excluding carboxylic acids is 1. The number of hydrogen-bond acceptors (Lipinski definition) is 5. The lowest BCUT2D eigenvalue weighted by Crippen LogP contribution is -2.38. The zero-order valence-electron chi connectivity index (χ0n) is 11.7. The Labute approximate surface area is 118 Å². The van der Waals surface area contributed by atoms with E-state index in [0.717, 1.165) is 51.0 Å². The normalized spacial score (nSPS) is 20.4. The first-order valence-electron chi connectivity index (χ1n) is 6.96. The highest BCUT2D eigenvalue weighted by molar-refractivity contribution is 7.09. The summed E-state index contributed by atoms with van der Waals surface area (Å²) >= 11 is 1.74. The summed E-state index contributed by atoms with van der Waals surface area (Å²) in [5, 5.41) is 3.37. The van der Waals surface area contributed by atoms with Gasteiger partial charge in [-0.15, -0.1) is 11.3 Å². The van der Waals surface area contributed by atoms with Crippen LogP contribution in [0.25, 0.3) is 0 Å². The van der Waals surface area contributed by atoms with Crippen molar-refractivity contribution >= 4 is 17.3 Å². The second-order valence-electron chi connectivity index (χ2n) is 5.08. The van der Waals surface area contributed by atoms with E-state index in [2.05, 4.69) is 22.2 Å². The highest BCUT2D eigenvalue weighted by Gasteiger charge is 2.26. The Bertz CT molecular complexity index is 419. The summed E-state index contributed by atoms with van der Waals surface area (Å²) in [5.41, 5.74) is 1.14. The fraction of sp³-hybridized carbons (Fsp3) is 0.714. The largest absolute Gasteiger partial charge is 0.469 e. The molecular formula is C14H22N2O2S. The Morgan fingerprint density at radius 3 is 3.21 bits per heavy atom. The second-order valence-corrected chi connectivity index (χ2v) is 6.02. The van der Waals surface area contributed by atoms with Crippen LogP contribution in [0.3, 0.4) is 0 Å². The molecule has 0 aliphatic carbocycles. The van der Waals surface area contributed by atoms with Crippen molar-refractivity contribution in [2.45, 2.75) is 39.2 Å². The van der Waals surface area contributed by atoms with Crippen molar-refractivity contribution in [2.75, 3.05) is 20.2 Å². The molecule has 1 aliphatic rings. The number of nitrogens with zero attached hydrogens (tertiary/aromatic N) is 2. The summed E-state index contributed by atoms with van der Waals surface area (Å²) in [4.78, 5) is 18.6. The molecule has 0 spiro atoms. The van der Waals surface area contributed by atoms with Crippen LogP contribution in [-0.2, 0) is 22.5 Å². The molecule has 1 saturated heterocycles. The Hall–Kier alpha value is -0.940. The lowest BCUT2D eigenvalue weighted by atomic mass is 9.98. The predicted molar refractivity (Wildman–Crippen MR) is 76.1 cm³/mol. The third-order valence-electron chi connectivity index (χ3n) is 3.49. The van der Waals surface area contributed by atoms with Crippen LogP contribution in [0.4, 0.5) is 0 Å². The van der Waals surface area contributed by atoms with E-state index in [9.17, 15) is 4.79 Å². The van der Waals surface area contributed by atoms with Crippen molar-refractivity contribution in [1.29, 1.82) is 0 Å². The molecule has 0 aromatic carbocycles. The maximum absolute atomic E-state index is 11.6. The minimum Gasteiger partial charge on any atom is -0.469 e. The molecule has 2 heterocycles. The Morgan fingerprint density at radius 1 is 1.63 bits per heavy atom. The van der Waals surface area contributed by atoms with E-state index in [0.29, 0.717) is 0 Å². The van der Waals surface area contributed by atoms with Gasteiger partial charge in [0.15, 0.2) is 0 Å². The molecular weight excluding hydrogens is 260 g/mol. The minimum atomic E-state index is -0.0744. The molecule has 2 rings (SSSR count). The summed E-state index contributed by atoms with van der Waals surface area (Å²) in [5.74, 6) is -0.0397. The number of aryl methyl sites for hydroxylation is 1. The molecule has 1 aromatic rings. The average molecular weight is 282 g/mol. The van der Waals surface area contributed by atoms with Crippen LogP contribution in [0, 0.1) is 5.92 Å². The molecule has 0 bridgehead atoms. The zero-order valence-corrected chi connectivity index (χ0v) is 12.5. The molecule has 0 N–H and O–H groups in total.